The van der Waals surface area contributed by atoms with Crippen LogP contribution in [0.25, 0.3) is 10.8 Å². The molecule has 0 atom stereocenters. The summed E-state index contributed by atoms with van der Waals surface area (Å²) in [5.74, 6) is -0.487. The number of halogens is 2. The lowest BCUT2D eigenvalue weighted by Crippen LogP contribution is -2.31. The SMILES string of the molecule is O=C(COc1ccc([S+](c2ccc(F)cc2)c2ccc(F)cc2)cc1)OC1(c2ccc3ccccc3c2)CCCC1. The Hall–Kier alpha value is -4.16. The molecule has 0 aromatic heterocycles. The second kappa shape index (κ2) is 11.8. The first-order valence-corrected chi connectivity index (χ1v) is 14.9. The van der Waals surface area contributed by atoms with Crippen LogP contribution < -0.4 is 4.74 Å². The van der Waals surface area contributed by atoms with Crippen LogP contribution in [0.2, 0.25) is 0 Å². The van der Waals surface area contributed by atoms with Crippen molar-refractivity contribution in [1.82, 2.24) is 0 Å². The van der Waals surface area contributed by atoms with E-state index in [1.165, 1.54) is 24.3 Å². The zero-order valence-electron chi connectivity index (χ0n) is 22.4. The smallest absolute Gasteiger partial charge is 0.345 e. The molecule has 0 spiro atoms. The van der Waals surface area contributed by atoms with Gasteiger partial charge in [0, 0.05) is 0 Å². The van der Waals surface area contributed by atoms with Gasteiger partial charge in [-0.15, -0.1) is 0 Å². The molecule has 0 bridgehead atoms. The maximum atomic E-state index is 13.6. The fourth-order valence-corrected chi connectivity index (χ4v) is 7.52. The molecule has 1 aliphatic carbocycles. The predicted octanol–water partition coefficient (Wildman–Crippen LogP) is 8.60. The van der Waals surface area contributed by atoms with E-state index in [0.717, 1.165) is 56.7 Å². The first kappa shape index (κ1) is 27.0. The van der Waals surface area contributed by atoms with E-state index in [0.29, 0.717) is 5.75 Å². The zero-order chi connectivity index (χ0) is 28.2. The Kier molecular flexibility index (Phi) is 7.75. The molecule has 5 aromatic carbocycles. The van der Waals surface area contributed by atoms with Crippen LogP contribution in [-0.2, 0) is 26.0 Å². The molecular formula is C35H29F2O3S+. The number of hydrogen-bond acceptors (Lipinski definition) is 3. The van der Waals surface area contributed by atoms with Gasteiger partial charge in [-0.3, -0.25) is 0 Å². The summed E-state index contributed by atoms with van der Waals surface area (Å²) in [6.45, 7) is -0.198. The van der Waals surface area contributed by atoms with Gasteiger partial charge in [-0.2, -0.15) is 0 Å². The highest BCUT2D eigenvalue weighted by atomic mass is 32.2. The summed E-state index contributed by atoms with van der Waals surface area (Å²) >= 11 is 0. The number of esters is 1. The quantitative estimate of drug-likeness (QED) is 0.139. The molecule has 0 unspecified atom stereocenters. The highest BCUT2D eigenvalue weighted by Crippen LogP contribution is 2.43. The van der Waals surface area contributed by atoms with Crippen LogP contribution in [0.3, 0.4) is 0 Å². The van der Waals surface area contributed by atoms with Crippen molar-refractivity contribution in [2.24, 2.45) is 0 Å². The molecule has 0 saturated heterocycles. The molecule has 0 heterocycles. The van der Waals surface area contributed by atoms with Gasteiger partial charge in [0.15, 0.2) is 21.3 Å². The Balaban J connectivity index is 1.16. The molecule has 6 rings (SSSR count). The van der Waals surface area contributed by atoms with Crippen molar-refractivity contribution < 1.29 is 23.0 Å². The molecule has 6 heteroatoms. The van der Waals surface area contributed by atoms with E-state index in [9.17, 15) is 13.6 Å². The van der Waals surface area contributed by atoms with Gasteiger partial charge < -0.3 is 9.47 Å². The Morgan fingerprint density at radius 3 is 1.80 bits per heavy atom. The predicted molar refractivity (Wildman–Crippen MR) is 157 cm³/mol. The number of rotatable bonds is 8. The van der Waals surface area contributed by atoms with Crippen molar-refractivity contribution in [3.63, 3.8) is 0 Å². The minimum Gasteiger partial charge on any atom is -0.482 e. The summed E-state index contributed by atoms with van der Waals surface area (Å²) in [4.78, 5) is 15.8. The highest BCUT2D eigenvalue weighted by Gasteiger charge is 2.39. The number of carbonyl (C=O) groups excluding carboxylic acids is 1. The van der Waals surface area contributed by atoms with Gasteiger partial charge in [0.1, 0.15) is 23.0 Å². The standard InChI is InChI=1S/C35H29F2O3S/c36-28-9-15-31(16-10-28)41(32-17-11-29(37)12-18-32)33-19-13-30(14-20-33)39-24-34(38)40-35(21-3-4-22-35)27-8-7-25-5-1-2-6-26(25)23-27/h1-2,5-20,23H,3-4,21-22,24H2/q+1. The lowest BCUT2D eigenvalue weighted by molar-refractivity contribution is -0.163. The molecule has 206 valence electrons. The van der Waals surface area contributed by atoms with Crippen molar-refractivity contribution in [2.75, 3.05) is 6.61 Å². The van der Waals surface area contributed by atoms with Crippen LogP contribution in [0.1, 0.15) is 31.2 Å². The lowest BCUT2D eigenvalue weighted by Gasteiger charge is -2.30. The minimum absolute atomic E-state index is 0.198. The van der Waals surface area contributed by atoms with E-state index >= 15 is 0 Å². The average molecular weight is 568 g/mol. The van der Waals surface area contributed by atoms with Crippen molar-refractivity contribution in [1.29, 1.82) is 0 Å². The number of benzene rings is 5. The summed E-state index contributed by atoms with van der Waals surface area (Å²) in [7, 11) is -0.573. The van der Waals surface area contributed by atoms with Crippen molar-refractivity contribution in [2.45, 2.75) is 46.0 Å². The minimum atomic E-state index is -0.632. The molecule has 0 radical (unpaired) electrons. The summed E-state index contributed by atoms with van der Waals surface area (Å²) in [6.07, 6.45) is 3.60. The van der Waals surface area contributed by atoms with E-state index in [1.807, 2.05) is 36.4 Å². The summed E-state index contributed by atoms with van der Waals surface area (Å²) in [5, 5.41) is 2.29. The number of ether oxygens (including phenoxy) is 2. The number of hydrogen-bond donors (Lipinski definition) is 0. The van der Waals surface area contributed by atoms with E-state index < -0.39 is 22.5 Å². The largest absolute Gasteiger partial charge is 0.482 e. The summed E-state index contributed by atoms with van der Waals surface area (Å²) in [5.41, 5.74) is 0.396. The lowest BCUT2D eigenvalue weighted by atomic mass is 9.90. The van der Waals surface area contributed by atoms with E-state index in [-0.39, 0.29) is 18.2 Å². The maximum absolute atomic E-state index is 13.6. The van der Waals surface area contributed by atoms with E-state index in [2.05, 4.69) is 30.3 Å². The third-order valence-electron chi connectivity index (χ3n) is 7.51. The van der Waals surface area contributed by atoms with E-state index in [1.54, 1.807) is 24.3 Å². The normalized spacial score (nSPS) is 14.3. The van der Waals surface area contributed by atoms with Crippen LogP contribution in [0.15, 0.2) is 130 Å². The molecule has 0 N–H and O–H groups in total. The highest BCUT2D eigenvalue weighted by molar-refractivity contribution is 7.97. The van der Waals surface area contributed by atoms with Gasteiger partial charge in [-0.1, -0.05) is 36.4 Å². The zero-order valence-corrected chi connectivity index (χ0v) is 23.2. The second-order valence-corrected chi connectivity index (χ2v) is 12.2. The maximum Gasteiger partial charge on any atom is 0.345 e. The molecule has 1 saturated carbocycles. The van der Waals surface area contributed by atoms with Gasteiger partial charge in [-0.25, -0.2) is 13.6 Å². The molecule has 0 aliphatic heterocycles. The fraction of sp³-hybridized carbons (Fsp3) is 0.171. The van der Waals surface area contributed by atoms with Gasteiger partial charge >= 0.3 is 5.97 Å². The van der Waals surface area contributed by atoms with Gasteiger partial charge in [0.2, 0.25) is 0 Å². The average Bonchev–Trinajstić information content (AvgIpc) is 3.48. The van der Waals surface area contributed by atoms with Crippen LogP contribution >= 0.6 is 0 Å². The first-order chi connectivity index (χ1) is 20.0. The molecule has 41 heavy (non-hydrogen) atoms. The number of fused-ring (bicyclic) bond motifs is 1. The monoisotopic (exact) mass is 567 g/mol. The Morgan fingerprint density at radius 1 is 0.683 bits per heavy atom. The van der Waals surface area contributed by atoms with Gasteiger partial charge in [0.05, 0.1) is 10.9 Å². The van der Waals surface area contributed by atoms with Crippen molar-refractivity contribution in [3.8, 4) is 5.75 Å². The molecule has 1 aliphatic rings. The van der Waals surface area contributed by atoms with Crippen LogP contribution in [-0.4, -0.2) is 12.6 Å². The molecular weight excluding hydrogens is 538 g/mol. The Labute approximate surface area is 241 Å². The third-order valence-corrected chi connectivity index (χ3v) is 9.74. The second-order valence-electron chi connectivity index (χ2n) is 10.2. The summed E-state index contributed by atoms with van der Waals surface area (Å²) < 4.78 is 39.2. The molecule has 3 nitrogen and oxygen atoms in total. The van der Waals surface area contributed by atoms with E-state index in [4.69, 9.17) is 9.47 Å². The Morgan fingerprint density at radius 2 is 1.22 bits per heavy atom. The van der Waals surface area contributed by atoms with Crippen molar-refractivity contribution >= 4 is 27.6 Å². The van der Waals surface area contributed by atoms with Gasteiger partial charge in [-0.05, 0) is 121 Å². The van der Waals surface area contributed by atoms with Crippen LogP contribution in [0.4, 0.5) is 8.78 Å². The Bertz CT molecular complexity index is 1600. The third kappa shape index (κ3) is 5.98. The van der Waals surface area contributed by atoms with Crippen molar-refractivity contribution in [3.05, 3.63) is 132 Å². The first-order valence-electron chi connectivity index (χ1n) is 13.7. The van der Waals surface area contributed by atoms with Gasteiger partial charge in [0.25, 0.3) is 0 Å². The molecule has 5 aromatic rings. The van der Waals surface area contributed by atoms with Crippen LogP contribution in [0, 0.1) is 11.6 Å². The molecule has 1 fully saturated rings. The molecule has 0 amide bonds. The fourth-order valence-electron chi connectivity index (χ4n) is 5.48. The van der Waals surface area contributed by atoms with Crippen LogP contribution in [0.5, 0.6) is 5.75 Å². The number of carbonyl (C=O) groups is 1. The topological polar surface area (TPSA) is 35.5 Å². The summed E-state index contributed by atoms with van der Waals surface area (Å²) in [6, 6.07) is 34.6.